The van der Waals surface area contributed by atoms with Crippen LogP contribution in [0.2, 0.25) is 0 Å². The molecule has 0 atom stereocenters. The van der Waals surface area contributed by atoms with Crippen molar-refractivity contribution in [1.29, 1.82) is 0 Å². The van der Waals surface area contributed by atoms with Crippen LogP contribution in [0, 0.1) is 0 Å². The smallest absolute Gasteiger partial charge is 0.337 e. The number of hydrogen-bond donors (Lipinski definition) is 1. The lowest BCUT2D eigenvalue weighted by atomic mass is 9.99. The average molecular weight is 301 g/mol. The summed E-state index contributed by atoms with van der Waals surface area (Å²) in [6.07, 6.45) is 0. The molecule has 112 valence electrons. The van der Waals surface area contributed by atoms with Crippen LogP contribution >= 0.6 is 0 Å². The summed E-state index contributed by atoms with van der Waals surface area (Å²) in [5.41, 5.74) is 4.71. The van der Waals surface area contributed by atoms with Gasteiger partial charge >= 0.3 is 5.97 Å². The van der Waals surface area contributed by atoms with Crippen LogP contribution in [0.3, 0.4) is 0 Å². The van der Waals surface area contributed by atoms with E-state index in [0.29, 0.717) is 5.56 Å². The molecule has 1 N–H and O–H groups in total. The van der Waals surface area contributed by atoms with E-state index in [1.54, 1.807) is 0 Å². The number of para-hydroxylation sites is 1. The van der Waals surface area contributed by atoms with Gasteiger partial charge in [0.2, 0.25) is 0 Å². The van der Waals surface area contributed by atoms with Gasteiger partial charge < -0.3 is 9.72 Å². The van der Waals surface area contributed by atoms with Crippen molar-refractivity contribution in [3.63, 3.8) is 0 Å². The van der Waals surface area contributed by atoms with Crippen molar-refractivity contribution in [3.05, 3.63) is 72.3 Å². The number of carbonyl (C=O) groups excluding carboxylic acids is 1. The maximum atomic E-state index is 12.1. The van der Waals surface area contributed by atoms with Gasteiger partial charge in [-0.25, -0.2) is 4.79 Å². The predicted octanol–water partition coefficient (Wildman–Crippen LogP) is 4.77. The molecular formula is C20H15NO2. The Balaban J connectivity index is 2.12. The van der Waals surface area contributed by atoms with E-state index in [2.05, 4.69) is 11.1 Å². The largest absolute Gasteiger partial charge is 0.465 e. The van der Waals surface area contributed by atoms with E-state index in [9.17, 15) is 4.79 Å². The Labute approximate surface area is 133 Å². The SMILES string of the molecule is COC(=O)c1cc(-c2ccccc2)c2[nH]c3ccccc3c2c1. The Morgan fingerprint density at radius 1 is 0.913 bits per heavy atom. The Morgan fingerprint density at radius 3 is 2.43 bits per heavy atom. The lowest BCUT2D eigenvalue weighted by Crippen LogP contribution is -2.01. The molecule has 3 heteroatoms. The molecule has 0 spiro atoms. The second kappa shape index (κ2) is 5.29. The first-order valence-corrected chi connectivity index (χ1v) is 7.46. The van der Waals surface area contributed by atoms with Crippen LogP contribution in [0.5, 0.6) is 0 Å². The molecule has 0 bridgehead atoms. The molecule has 4 rings (SSSR count). The quantitative estimate of drug-likeness (QED) is 0.542. The summed E-state index contributed by atoms with van der Waals surface area (Å²) >= 11 is 0. The van der Waals surface area contributed by atoms with Gasteiger partial charge in [0.05, 0.1) is 18.2 Å². The fourth-order valence-corrected chi connectivity index (χ4v) is 3.03. The van der Waals surface area contributed by atoms with Gasteiger partial charge in [-0.2, -0.15) is 0 Å². The molecule has 4 aromatic rings. The fraction of sp³-hybridized carbons (Fsp3) is 0.0500. The topological polar surface area (TPSA) is 42.1 Å². The molecule has 23 heavy (non-hydrogen) atoms. The van der Waals surface area contributed by atoms with Crippen LogP contribution < -0.4 is 0 Å². The molecule has 1 aromatic heterocycles. The number of benzene rings is 3. The lowest BCUT2D eigenvalue weighted by Gasteiger charge is -2.07. The van der Waals surface area contributed by atoms with E-state index in [1.165, 1.54) is 7.11 Å². The zero-order valence-electron chi connectivity index (χ0n) is 12.7. The monoisotopic (exact) mass is 301 g/mol. The van der Waals surface area contributed by atoms with Crippen LogP contribution in [0.1, 0.15) is 10.4 Å². The lowest BCUT2D eigenvalue weighted by molar-refractivity contribution is 0.0601. The van der Waals surface area contributed by atoms with Crippen LogP contribution in [0.15, 0.2) is 66.7 Å². The number of carbonyl (C=O) groups is 1. The summed E-state index contributed by atoms with van der Waals surface area (Å²) in [6.45, 7) is 0. The van der Waals surface area contributed by atoms with Crippen molar-refractivity contribution in [2.75, 3.05) is 7.11 Å². The number of aromatic amines is 1. The van der Waals surface area contributed by atoms with E-state index in [0.717, 1.165) is 32.9 Å². The number of aromatic nitrogens is 1. The third-order valence-corrected chi connectivity index (χ3v) is 4.12. The standard InChI is InChI=1S/C20H15NO2/c1-23-20(22)14-11-16(13-7-3-2-4-8-13)19-17(12-14)15-9-5-6-10-18(15)21-19/h2-12,21H,1H3. The van der Waals surface area contributed by atoms with Gasteiger partial charge in [-0.05, 0) is 23.8 Å². The van der Waals surface area contributed by atoms with Crippen molar-refractivity contribution in [1.82, 2.24) is 4.98 Å². The number of H-pyrrole nitrogens is 1. The summed E-state index contributed by atoms with van der Waals surface area (Å²) in [5.74, 6) is -0.325. The van der Waals surface area contributed by atoms with Gasteiger partial charge in [0.25, 0.3) is 0 Å². The van der Waals surface area contributed by atoms with E-state index in [1.807, 2.05) is 60.7 Å². The third kappa shape index (κ3) is 2.18. The van der Waals surface area contributed by atoms with Crippen molar-refractivity contribution in [2.24, 2.45) is 0 Å². The van der Waals surface area contributed by atoms with Gasteiger partial charge in [0.1, 0.15) is 0 Å². The molecule has 0 aliphatic carbocycles. The molecule has 3 nitrogen and oxygen atoms in total. The Hall–Kier alpha value is -3.07. The van der Waals surface area contributed by atoms with E-state index >= 15 is 0 Å². The molecule has 0 fully saturated rings. The predicted molar refractivity (Wildman–Crippen MR) is 92.6 cm³/mol. The zero-order chi connectivity index (χ0) is 15.8. The Bertz CT molecular complexity index is 1020. The number of hydrogen-bond acceptors (Lipinski definition) is 2. The highest BCUT2D eigenvalue weighted by Gasteiger charge is 2.15. The number of ether oxygens (including phenoxy) is 1. The van der Waals surface area contributed by atoms with Crippen molar-refractivity contribution >= 4 is 27.8 Å². The summed E-state index contributed by atoms with van der Waals surface area (Å²) < 4.78 is 4.92. The molecule has 0 aliphatic heterocycles. The average Bonchev–Trinajstić information content (AvgIpc) is 2.99. The zero-order valence-corrected chi connectivity index (χ0v) is 12.7. The maximum Gasteiger partial charge on any atom is 0.337 e. The summed E-state index contributed by atoms with van der Waals surface area (Å²) in [4.78, 5) is 15.5. The van der Waals surface area contributed by atoms with Gasteiger partial charge in [0, 0.05) is 21.9 Å². The van der Waals surface area contributed by atoms with Crippen molar-refractivity contribution in [2.45, 2.75) is 0 Å². The number of methoxy groups -OCH3 is 1. The van der Waals surface area contributed by atoms with Gasteiger partial charge in [-0.3, -0.25) is 0 Å². The minimum absolute atomic E-state index is 0.325. The van der Waals surface area contributed by atoms with Gasteiger partial charge in [-0.1, -0.05) is 48.5 Å². The second-order valence-electron chi connectivity index (χ2n) is 5.47. The maximum absolute atomic E-state index is 12.1. The second-order valence-corrected chi connectivity index (χ2v) is 5.47. The summed E-state index contributed by atoms with van der Waals surface area (Å²) in [5, 5.41) is 2.13. The van der Waals surface area contributed by atoms with Crippen LogP contribution in [0.4, 0.5) is 0 Å². The Kier molecular flexibility index (Phi) is 3.12. The number of nitrogens with one attached hydrogen (secondary N) is 1. The third-order valence-electron chi connectivity index (χ3n) is 4.12. The summed E-state index contributed by atoms with van der Waals surface area (Å²) in [6, 6.07) is 21.9. The molecule has 0 amide bonds. The minimum Gasteiger partial charge on any atom is -0.465 e. The fourth-order valence-electron chi connectivity index (χ4n) is 3.03. The van der Waals surface area contributed by atoms with Crippen LogP contribution in [-0.4, -0.2) is 18.1 Å². The molecule has 1 heterocycles. The van der Waals surface area contributed by atoms with E-state index in [4.69, 9.17) is 4.74 Å². The molecular weight excluding hydrogens is 286 g/mol. The summed E-state index contributed by atoms with van der Waals surface area (Å²) in [7, 11) is 1.41. The number of esters is 1. The van der Waals surface area contributed by atoms with Gasteiger partial charge in [-0.15, -0.1) is 0 Å². The van der Waals surface area contributed by atoms with E-state index < -0.39 is 0 Å². The molecule has 0 saturated heterocycles. The minimum atomic E-state index is -0.325. The Morgan fingerprint density at radius 2 is 1.65 bits per heavy atom. The molecule has 0 aliphatic rings. The number of rotatable bonds is 2. The molecule has 0 unspecified atom stereocenters. The van der Waals surface area contributed by atoms with E-state index in [-0.39, 0.29) is 5.97 Å². The highest BCUT2D eigenvalue weighted by molar-refractivity contribution is 6.14. The first-order valence-electron chi connectivity index (χ1n) is 7.46. The molecule has 0 saturated carbocycles. The van der Waals surface area contributed by atoms with Crippen molar-refractivity contribution in [3.8, 4) is 11.1 Å². The van der Waals surface area contributed by atoms with Crippen molar-refractivity contribution < 1.29 is 9.53 Å². The highest BCUT2D eigenvalue weighted by Crippen LogP contribution is 2.34. The van der Waals surface area contributed by atoms with Gasteiger partial charge in [0.15, 0.2) is 0 Å². The first kappa shape index (κ1) is 13.6. The number of fused-ring (bicyclic) bond motifs is 3. The highest BCUT2D eigenvalue weighted by atomic mass is 16.5. The van der Waals surface area contributed by atoms with Crippen LogP contribution in [-0.2, 0) is 4.74 Å². The normalized spacial score (nSPS) is 11.0. The first-order chi connectivity index (χ1) is 11.3. The molecule has 3 aromatic carbocycles. The molecule has 0 radical (unpaired) electrons. The van der Waals surface area contributed by atoms with Crippen LogP contribution in [0.25, 0.3) is 32.9 Å².